The summed E-state index contributed by atoms with van der Waals surface area (Å²) in [7, 11) is 0. The highest BCUT2D eigenvalue weighted by atomic mass is 16.6. The average Bonchev–Trinajstić information content (AvgIpc) is 2.55. The second-order valence-corrected chi connectivity index (χ2v) is 4.68. The maximum Gasteiger partial charge on any atom is 0.321 e. The third-order valence-electron chi connectivity index (χ3n) is 2.99. The molecule has 2 rings (SSSR count). The number of nitrogens with one attached hydrogen (secondary N) is 2. The first-order chi connectivity index (χ1) is 11.4. The van der Waals surface area contributed by atoms with Gasteiger partial charge in [0.1, 0.15) is 6.54 Å². The molecule has 0 unspecified atom stereocenters. The van der Waals surface area contributed by atoms with Crippen LogP contribution in [0.4, 0.5) is 10.5 Å². The van der Waals surface area contributed by atoms with Crippen LogP contribution in [0.2, 0.25) is 0 Å². The fourth-order valence-corrected chi connectivity index (χ4v) is 1.90. The summed E-state index contributed by atoms with van der Waals surface area (Å²) in [6, 6.07) is 2.95. The molecule has 0 aliphatic rings. The van der Waals surface area contributed by atoms with E-state index in [9.17, 15) is 24.5 Å². The smallest absolute Gasteiger partial charge is 0.321 e. The molecule has 1 heterocycles. The van der Waals surface area contributed by atoms with Crippen LogP contribution >= 0.6 is 0 Å². The molecule has 3 amide bonds. The van der Waals surface area contributed by atoms with Crippen molar-refractivity contribution in [1.29, 1.82) is 0 Å². The van der Waals surface area contributed by atoms with E-state index in [2.05, 4.69) is 16.9 Å². The zero-order valence-electron chi connectivity index (χ0n) is 12.4. The Hall–Kier alpha value is -3.56. The molecule has 0 bridgehead atoms. The van der Waals surface area contributed by atoms with Gasteiger partial charge in [-0.3, -0.25) is 29.6 Å². The third-order valence-corrected chi connectivity index (χ3v) is 2.99. The molecule has 10 heteroatoms. The first-order valence-electron chi connectivity index (χ1n) is 6.74. The van der Waals surface area contributed by atoms with Gasteiger partial charge in [0, 0.05) is 18.7 Å². The monoisotopic (exact) mass is 331 g/mol. The van der Waals surface area contributed by atoms with Crippen LogP contribution in [0, 0.1) is 10.1 Å². The number of hydrogen-bond acceptors (Lipinski definition) is 6. The Morgan fingerprint density at radius 3 is 2.83 bits per heavy atom. The average molecular weight is 331 g/mol. The first-order valence-corrected chi connectivity index (χ1v) is 6.74. The van der Waals surface area contributed by atoms with E-state index in [-0.39, 0.29) is 23.1 Å². The summed E-state index contributed by atoms with van der Waals surface area (Å²) >= 11 is 0. The molecule has 0 fully saturated rings. The first kappa shape index (κ1) is 16.8. The van der Waals surface area contributed by atoms with Crippen LogP contribution in [0.3, 0.4) is 0 Å². The molecule has 2 aromatic rings. The largest absolute Gasteiger partial charge is 0.334 e. The fraction of sp³-hybridized carbons (Fsp3) is 0.143. The molecule has 1 aromatic carbocycles. The summed E-state index contributed by atoms with van der Waals surface area (Å²) in [6.07, 6.45) is 2.58. The SMILES string of the molecule is C=CCNC(=O)NC(=O)Cn1cnc2ccc([N+](=O)[O-])cc2c1=O. The number of urea groups is 1. The number of hydrogen-bond donors (Lipinski definition) is 2. The van der Waals surface area contributed by atoms with Crippen LogP contribution in [0.15, 0.2) is 42.0 Å². The molecule has 0 spiro atoms. The minimum absolute atomic E-state index is 0.00982. The summed E-state index contributed by atoms with van der Waals surface area (Å²) in [6.45, 7) is 3.14. The minimum Gasteiger partial charge on any atom is -0.334 e. The standard InChI is InChI=1S/C14H13N5O5/c1-2-5-15-14(22)17-12(20)7-18-8-16-11-4-3-9(19(23)24)6-10(11)13(18)21/h2-4,6,8H,1,5,7H2,(H2,15,17,20,22). The van der Waals surface area contributed by atoms with Gasteiger partial charge in [0.05, 0.1) is 22.2 Å². The van der Waals surface area contributed by atoms with E-state index in [1.807, 2.05) is 5.32 Å². The molecule has 0 atom stereocenters. The lowest BCUT2D eigenvalue weighted by molar-refractivity contribution is -0.384. The van der Waals surface area contributed by atoms with E-state index in [0.717, 1.165) is 17.0 Å². The summed E-state index contributed by atoms with van der Waals surface area (Å²) in [5, 5.41) is 15.2. The number of nitrogens with zero attached hydrogens (tertiary/aromatic N) is 3. The van der Waals surface area contributed by atoms with Gasteiger partial charge in [-0.2, -0.15) is 0 Å². The zero-order chi connectivity index (χ0) is 17.7. The number of nitro benzene ring substituents is 1. The minimum atomic E-state index is -0.731. The lowest BCUT2D eigenvalue weighted by atomic mass is 10.2. The van der Waals surface area contributed by atoms with Crippen molar-refractivity contribution >= 4 is 28.5 Å². The van der Waals surface area contributed by atoms with Crippen molar-refractivity contribution in [3.05, 3.63) is 57.6 Å². The summed E-state index contributed by atoms with van der Waals surface area (Å²) in [5.41, 5.74) is -0.608. The van der Waals surface area contributed by atoms with Crippen molar-refractivity contribution in [1.82, 2.24) is 20.2 Å². The van der Waals surface area contributed by atoms with E-state index in [4.69, 9.17) is 0 Å². The number of fused-ring (bicyclic) bond motifs is 1. The van der Waals surface area contributed by atoms with Crippen molar-refractivity contribution in [3.8, 4) is 0 Å². The zero-order valence-corrected chi connectivity index (χ0v) is 12.4. The molecule has 0 saturated heterocycles. The second kappa shape index (κ2) is 7.13. The van der Waals surface area contributed by atoms with Crippen molar-refractivity contribution in [2.24, 2.45) is 0 Å². The van der Waals surface area contributed by atoms with Crippen LogP contribution in [-0.2, 0) is 11.3 Å². The Balaban J connectivity index is 2.23. The number of carbonyl (C=O) groups excluding carboxylic acids is 2. The molecule has 24 heavy (non-hydrogen) atoms. The number of carbonyl (C=O) groups is 2. The number of non-ortho nitro benzene ring substituents is 1. The van der Waals surface area contributed by atoms with Gasteiger partial charge < -0.3 is 5.32 Å². The Kier molecular flexibility index (Phi) is 5.00. The Bertz CT molecular complexity index is 889. The summed E-state index contributed by atoms with van der Waals surface area (Å²) in [5.74, 6) is -0.731. The lowest BCUT2D eigenvalue weighted by Crippen LogP contribution is -2.42. The lowest BCUT2D eigenvalue weighted by Gasteiger charge is -2.07. The number of amides is 3. The van der Waals surface area contributed by atoms with E-state index < -0.39 is 29.0 Å². The van der Waals surface area contributed by atoms with Crippen LogP contribution < -0.4 is 16.2 Å². The van der Waals surface area contributed by atoms with E-state index in [1.54, 1.807) is 0 Å². The second-order valence-electron chi connectivity index (χ2n) is 4.68. The topological polar surface area (TPSA) is 136 Å². The number of benzene rings is 1. The van der Waals surface area contributed by atoms with Crippen LogP contribution in [-0.4, -0.2) is 33.0 Å². The van der Waals surface area contributed by atoms with E-state index in [0.29, 0.717) is 0 Å². The summed E-state index contributed by atoms with van der Waals surface area (Å²) < 4.78 is 0.960. The van der Waals surface area contributed by atoms with Crippen molar-refractivity contribution in [2.45, 2.75) is 6.54 Å². The summed E-state index contributed by atoms with van der Waals surface area (Å²) in [4.78, 5) is 49.5. The van der Waals surface area contributed by atoms with Crippen LogP contribution in [0.5, 0.6) is 0 Å². The maximum atomic E-state index is 12.3. The molecule has 0 saturated carbocycles. The quantitative estimate of drug-likeness (QED) is 0.460. The predicted molar refractivity (Wildman–Crippen MR) is 84.4 cm³/mol. The predicted octanol–water partition coefficient (Wildman–Crippen LogP) is 0.316. The number of rotatable bonds is 5. The van der Waals surface area contributed by atoms with Crippen molar-refractivity contribution in [2.75, 3.05) is 6.54 Å². The van der Waals surface area contributed by atoms with Gasteiger partial charge in [0.15, 0.2) is 0 Å². The van der Waals surface area contributed by atoms with Crippen LogP contribution in [0.1, 0.15) is 0 Å². The molecular formula is C14H13N5O5. The molecule has 10 nitrogen and oxygen atoms in total. The molecule has 0 radical (unpaired) electrons. The molecule has 0 aliphatic carbocycles. The van der Waals surface area contributed by atoms with Gasteiger partial charge >= 0.3 is 6.03 Å². The molecule has 2 N–H and O–H groups in total. The third kappa shape index (κ3) is 3.80. The number of nitro groups is 1. The van der Waals surface area contributed by atoms with Gasteiger partial charge in [0.25, 0.3) is 11.2 Å². The number of imide groups is 1. The molecule has 124 valence electrons. The highest BCUT2D eigenvalue weighted by Crippen LogP contribution is 2.16. The van der Waals surface area contributed by atoms with Crippen molar-refractivity contribution < 1.29 is 14.5 Å². The fourth-order valence-electron chi connectivity index (χ4n) is 1.90. The van der Waals surface area contributed by atoms with Gasteiger partial charge in [-0.1, -0.05) is 6.08 Å². The van der Waals surface area contributed by atoms with E-state index in [1.165, 1.54) is 18.2 Å². The molecule has 1 aromatic heterocycles. The van der Waals surface area contributed by atoms with Gasteiger partial charge in [-0.05, 0) is 6.07 Å². The molecule has 0 aliphatic heterocycles. The normalized spacial score (nSPS) is 10.2. The highest BCUT2D eigenvalue weighted by molar-refractivity contribution is 5.94. The van der Waals surface area contributed by atoms with Gasteiger partial charge in [-0.15, -0.1) is 6.58 Å². The molecular weight excluding hydrogens is 318 g/mol. The Morgan fingerprint density at radius 2 is 2.17 bits per heavy atom. The number of aromatic nitrogens is 2. The highest BCUT2D eigenvalue weighted by Gasteiger charge is 2.13. The van der Waals surface area contributed by atoms with E-state index >= 15 is 0 Å². The van der Waals surface area contributed by atoms with Gasteiger partial charge in [-0.25, -0.2) is 9.78 Å². The maximum absolute atomic E-state index is 12.3. The van der Waals surface area contributed by atoms with Gasteiger partial charge in [0.2, 0.25) is 5.91 Å². The Morgan fingerprint density at radius 1 is 1.42 bits per heavy atom. The van der Waals surface area contributed by atoms with Crippen molar-refractivity contribution in [3.63, 3.8) is 0 Å². The Labute approximate surface area is 134 Å². The van der Waals surface area contributed by atoms with Crippen LogP contribution in [0.25, 0.3) is 10.9 Å².